The van der Waals surface area contributed by atoms with E-state index in [1.807, 2.05) is 30.3 Å². The summed E-state index contributed by atoms with van der Waals surface area (Å²) in [6.45, 7) is 0.988. The lowest BCUT2D eigenvalue weighted by Gasteiger charge is -2.18. The Balaban J connectivity index is 1.96. The Hall–Kier alpha value is -2.34. The molecule has 1 heterocycles. The van der Waals surface area contributed by atoms with Crippen LogP contribution in [0.1, 0.15) is 18.4 Å². The Morgan fingerprint density at radius 3 is 2.90 bits per heavy atom. The van der Waals surface area contributed by atoms with Gasteiger partial charge in [0.05, 0.1) is 7.11 Å². The van der Waals surface area contributed by atoms with Crippen molar-refractivity contribution in [1.82, 2.24) is 10.4 Å². The van der Waals surface area contributed by atoms with Crippen LogP contribution in [0.4, 0.5) is 0 Å². The van der Waals surface area contributed by atoms with Gasteiger partial charge >= 0.3 is 0 Å². The molecule has 0 spiro atoms. The first-order valence-electron chi connectivity index (χ1n) is 6.69. The van der Waals surface area contributed by atoms with Crippen molar-refractivity contribution < 1.29 is 19.5 Å². The molecule has 0 saturated heterocycles. The summed E-state index contributed by atoms with van der Waals surface area (Å²) in [6.07, 6.45) is 2.24. The molecule has 0 unspecified atom stereocenters. The van der Waals surface area contributed by atoms with Crippen molar-refractivity contribution in [3.8, 4) is 5.75 Å². The molecule has 21 heavy (non-hydrogen) atoms. The lowest BCUT2D eigenvalue weighted by atomic mass is 10.1. The van der Waals surface area contributed by atoms with Crippen LogP contribution in [0.5, 0.6) is 5.75 Å². The maximum atomic E-state index is 12.2. The summed E-state index contributed by atoms with van der Waals surface area (Å²) in [5, 5.41) is 8.45. The highest BCUT2D eigenvalue weighted by atomic mass is 16.5. The SMILES string of the molecule is COc1ccccc1CN1CC=C(CCC(=O)NO)C1=O. The molecule has 0 radical (unpaired) electrons. The highest BCUT2D eigenvalue weighted by molar-refractivity contribution is 5.96. The number of methoxy groups -OCH3 is 1. The summed E-state index contributed by atoms with van der Waals surface area (Å²) >= 11 is 0. The van der Waals surface area contributed by atoms with Gasteiger partial charge in [-0.1, -0.05) is 24.3 Å². The fraction of sp³-hybridized carbons (Fsp3) is 0.333. The van der Waals surface area contributed by atoms with Gasteiger partial charge in [0.2, 0.25) is 11.8 Å². The molecular formula is C15H18N2O4. The van der Waals surface area contributed by atoms with E-state index in [0.29, 0.717) is 25.1 Å². The second-order valence-electron chi connectivity index (χ2n) is 4.76. The average molecular weight is 290 g/mol. The summed E-state index contributed by atoms with van der Waals surface area (Å²) in [6, 6.07) is 7.56. The van der Waals surface area contributed by atoms with Crippen LogP contribution in [-0.4, -0.2) is 35.6 Å². The van der Waals surface area contributed by atoms with Crippen LogP contribution >= 0.6 is 0 Å². The zero-order valence-electron chi connectivity index (χ0n) is 11.8. The van der Waals surface area contributed by atoms with Gasteiger partial charge < -0.3 is 9.64 Å². The lowest BCUT2D eigenvalue weighted by Crippen LogP contribution is -2.27. The molecule has 0 saturated carbocycles. The van der Waals surface area contributed by atoms with Gasteiger partial charge in [0.25, 0.3) is 0 Å². The molecule has 1 aromatic carbocycles. The van der Waals surface area contributed by atoms with Gasteiger partial charge in [-0.2, -0.15) is 0 Å². The molecule has 1 aliphatic heterocycles. The first-order chi connectivity index (χ1) is 10.2. The molecule has 0 aliphatic carbocycles. The monoisotopic (exact) mass is 290 g/mol. The van der Waals surface area contributed by atoms with E-state index in [2.05, 4.69) is 0 Å². The van der Waals surface area contributed by atoms with E-state index in [9.17, 15) is 9.59 Å². The van der Waals surface area contributed by atoms with Crippen molar-refractivity contribution in [1.29, 1.82) is 0 Å². The maximum Gasteiger partial charge on any atom is 0.250 e. The fourth-order valence-electron chi connectivity index (χ4n) is 2.28. The van der Waals surface area contributed by atoms with Gasteiger partial charge in [-0.3, -0.25) is 14.8 Å². The third kappa shape index (κ3) is 3.61. The molecule has 0 bridgehead atoms. The van der Waals surface area contributed by atoms with Crippen molar-refractivity contribution in [2.75, 3.05) is 13.7 Å². The van der Waals surface area contributed by atoms with E-state index in [-0.39, 0.29) is 12.3 Å². The van der Waals surface area contributed by atoms with E-state index in [4.69, 9.17) is 9.94 Å². The Labute approximate surface area is 123 Å². The molecule has 1 aromatic rings. The van der Waals surface area contributed by atoms with Crippen molar-refractivity contribution in [2.45, 2.75) is 19.4 Å². The number of carbonyl (C=O) groups excluding carboxylic acids is 2. The molecule has 2 N–H and O–H groups in total. The van der Waals surface area contributed by atoms with Crippen LogP contribution in [0.3, 0.4) is 0 Å². The van der Waals surface area contributed by atoms with Crippen LogP contribution in [0.15, 0.2) is 35.9 Å². The van der Waals surface area contributed by atoms with Gasteiger partial charge in [-0.05, 0) is 12.5 Å². The molecule has 0 aromatic heterocycles. The van der Waals surface area contributed by atoms with Crippen LogP contribution in [0.25, 0.3) is 0 Å². The third-order valence-electron chi connectivity index (χ3n) is 3.42. The molecular weight excluding hydrogens is 272 g/mol. The Bertz CT molecular complexity index is 569. The topological polar surface area (TPSA) is 78.9 Å². The summed E-state index contributed by atoms with van der Waals surface area (Å²) in [5.41, 5.74) is 3.11. The van der Waals surface area contributed by atoms with Crippen molar-refractivity contribution in [3.05, 3.63) is 41.5 Å². The third-order valence-corrected chi connectivity index (χ3v) is 3.42. The standard InChI is InChI=1S/C15H18N2O4/c1-21-13-5-3-2-4-12(13)10-17-9-8-11(15(17)19)6-7-14(18)16-20/h2-5,8,20H,6-7,9-10H2,1H3,(H,16,18). The van der Waals surface area contributed by atoms with Crippen LogP contribution < -0.4 is 10.2 Å². The number of carbonyl (C=O) groups is 2. The number of amides is 2. The minimum atomic E-state index is -0.494. The normalized spacial score (nSPS) is 14.1. The molecule has 0 atom stereocenters. The molecule has 112 valence electrons. The lowest BCUT2D eigenvalue weighted by molar-refractivity contribution is -0.129. The van der Waals surface area contributed by atoms with E-state index < -0.39 is 5.91 Å². The smallest absolute Gasteiger partial charge is 0.250 e. The van der Waals surface area contributed by atoms with Gasteiger partial charge in [-0.25, -0.2) is 5.48 Å². The van der Waals surface area contributed by atoms with E-state index >= 15 is 0 Å². The Morgan fingerprint density at radius 1 is 1.43 bits per heavy atom. The number of ether oxygens (including phenoxy) is 1. The Kier molecular flexibility index (Phi) is 4.94. The number of hydroxylamine groups is 1. The van der Waals surface area contributed by atoms with Crippen LogP contribution in [0.2, 0.25) is 0 Å². The predicted molar refractivity (Wildman–Crippen MR) is 75.7 cm³/mol. The average Bonchev–Trinajstić information content (AvgIpc) is 2.86. The number of hydrogen-bond acceptors (Lipinski definition) is 4. The molecule has 0 fully saturated rings. The van der Waals surface area contributed by atoms with Gasteiger partial charge in [0.1, 0.15) is 5.75 Å². The van der Waals surface area contributed by atoms with Crippen molar-refractivity contribution in [3.63, 3.8) is 0 Å². The number of nitrogens with zero attached hydrogens (tertiary/aromatic N) is 1. The summed E-state index contributed by atoms with van der Waals surface area (Å²) < 4.78 is 5.28. The zero-order valence-corrected chi connectivity index (χ0v) is 11.8. The molecule has 2 amide bonds. The van der Waals surface area contributed by atoms with Crippen LogP contribution in [-0.2, 0) is 16.1 Å². The zero-order chi connectivity index (χ0) is 15.2. The first kappa shape index (κ1) is 15.1. The first-order valence-corrected chi connectivity index (χ1v) is 6.69. The van der Waals surface area contributed by atoms with E-state index in [1.165, 1.54) is 0 Å². The number of para-hydroxylation sites is 1. The highest BCUT2D eigenvalue weighted by Gasteiger charge is 2.24. The maximum absolute atomic E-state index is 12.2. The molecule has 2 rings (SSSR count). The largest absolute Gasteiger partial charge is 0.496 e. The van der Waals surface area contributed by atoms with Crippen molar-refractivity contribution in [2.24, 2.45) is 0 Å². The number of benzene rings is 1. The molecule has 6 heteroatoms. The summed E-state index contributed by atoms with van der Waals surface area (Å²) in [4.78, 5) is 24.9. The van der Waals surface area contributed by atoms with Gasteiger partial charge in [0.15, 0.2) is 0 Å². The summed E-state index contributed by atoms with van der Waals surface area (Å²) in [7, 11) is 1.60. The molecule has 6 nitrogen and oxygen atoms in total. The summed E-state index contributed by atoms with van der Waals surface area (Å²) in [5.74, 6) is 0.178. The molecule has 1 aliphatic rings. The van der Waals surface area contributed by atoms with E-state index in [1.54, 1.807) is 17.5 Å². The van der Waals surface area contributed by atoms with Crippen LogP contribution in [0, 0.1) is 0 Å². The fourth-order valence-corrected chi connectivity index (χ4v) is 2.28. The Morgan fingerprint density at radius 2 is 2.19 bits per heavy atom. The quantitative estimate of drug-likeness (QED) is 0.610. The minimum Gasteiger partial charge on any atom is -0.496 e. The minimum absolute atomic E-state index is 0.0772. The number of rotatable bonds is 6. The number of hydrogen-bond donors (Lipinski definition) is 2. The second kappa shape index (κ2) is 6.90. The van der Waals surface area contributed by atoms with Gasteiger partial charge in [0, 0.05) is 30.6 Å². The second-order valence-corrected chi connectivity index (χ2v) is 4.76. The van der Waals surface area contributed by atoms with Gasteiger partial charge in [-0.15, -0.1) is 0 Å². The van der Waals surface area contributed by atoms with Crippen molar-refractivity contribution >= 4 is 11.8 Å². The predicted octanol–water partition coefficient (Wildman–Crippen LogP) is 1.25. The number of nitrogens with one attached hydrogen (secondary N) is 1. The highest BCUT2D eigenvalue weighted by Crippen LogP contribution is 2.23. The van der Waals surface area contributed by atoms with E-state index in [0.717, 1.165) is 11.3 Å².